The molecule has 1 fully saturated rings. The van der Waals surface area contributed by atoms with Gasteiger partial charge in [-0.1, -0.05) is 41.5 Å². The molecule has 16 heavy (non-hydrogen) atoms. The van der Waals surface area contributed by atoms with E-state index in [4.69, 9.17) is 0 Å². The molecule has 1 rings (SSSR count). The lowest BCUT2D eigenvalue weighted by Crippen LogP contribution is -2.41. The molecule has 2 nitrogen and oxygen atoms in total. The van der Waals surface area contributed by atoms with Gasteiger partial charge in [0.1, 0.15) is 0 Å². The van der Waals surface area contributed by atoms with E-state index in [2.05, 4.69) is 51.8 Å². The van der Waals surface area contributed by atoms with Crippen molar-refractivity contribution in [2.24, 2.45) is 17.3 Å². The summed E-state index contributed by atoms with van der Waals surface area (Å²) < 4.78 is 0. The Kier molecular flexibility index (Phi) is 4.81. The van der Waals surface area contributed by atoms with Gasteiger partial charge in [0.05, 0.1) is 0 Å². The molecule has 0 bridgehead atoms. The van der Waals surface area contributed by atoms with Crippen LogP contribution < -0.4 is 5.32 Å². The van der Waals surface area contributed by atoms with Gasteiger partial charge in [-0.3, -0.25) is 0 Å². The monoisotopic (exact) mass is 226 g/mol. The predicted octanol–water partition coefficient (Wildman–Crippen LogP) is 2.60. The maximum atomic E-state index is 3.56. The van der Waals surface area contributed by atoms with Gasteiger partial charge in [0.25, 0.3) is 0 Å². The summed E-state index contributed by atoms with van der Waals surface area (Å²) in [7, 11) is 0. The highest BCUT2D eigenvalue weighted by molar-refractivity contribution is 4.84. The van der Waals surface area contributed by atoms with Crippen molar-refractivity contribution in [2.75, 3.05) is 26.2 Å². The number of likely N-dealkylation sites (tertiary alicyclic amines) is 1. The van der Waals surface area contributed by atoms with Crippen LogP contribution in [0.5, 0.6) is 0 Å². The lowest BCUT2D eigenvalue weighted by Gasteiger charge is -2.31. The van der Waals surface area contributed by atoms with Crippen LogP contribution in [-0.2, 0) is 0 Å². The van der Waals surface area contributed by atoms with E-state index in [0.717, 1.165) is 18.4 Å². The molecular weight excluding hydrogens is 196 g/mol. The summed E-state index contributed by atoms with van der Waals surface area (Å²) in [5.74, 6) is 1.74. The van der Waals surface area contributed by atoms with Crippen molar-refractivity contribution in [3.8, 4) is 0 Å². The zero-order chi connectivity index (χ0) is 12.3. The SMILES string of the molecule is CC(C)NCC(C)(C)CN1CC(C)C(C)C1. The van der Waals surface area contributed by atoms with Crippen LogP contribution in [0.1, 0.15) is 41.5 Å². The largest absolute Gasteiger partial charge is 0.314 e. The average molecular weight is 226 g/mol. The highest BCUT2D eigenvalue weighted by atomic mass is 15.2. The van der Waals surface area contributed by atoms with Crippen molar-refractivity contribution in [1.29, 1.82) is 0 Å². The molecule has 2 atom stereocenters. The van der Waals surface area contributed by atoms with Gasteiger partial charge in [0.15, 0.2) is 0 Å². The van der Waals surface area contributed by atoms with Crippen molar-refractivity contribution < 1.29 is 0 Å². The molecule has 1 aliphatic heterocycles. The van der Waals surface area contributed by atoms with Gasteiger partial charge in [-0.15, -0.1) is 0 Å². The molecule has 96 valence electrons. The Balaban J connectivity index is 2.35. The van der Waals surface area contributed by atoms with E-state index < -0.39 is 0 Å². The van der Waals surface area contributed by atoms with Gasteiger partial charge in [0.2, 0.25) is 0 Å². The molecule has 1 saturated heterocycles. The van der Waals surface area contributed by atoms with Crippen LogP contribution in [0.2, 0.25) is 0 Å². The highest BCUT2D eigenvalue weighted by Crippen LogP contribution is 2.26. The summed E-state index contributed by atoms with van der Waals surface area (Å²) in [6, 6.07) is 0.593. The van der Waals surface area contributed by atoms with Gasteiger partial charge >= 0.3 is 0 Å². The van der Waals surface area contributed by atoms with E-state index in [1.807, 2.05) is 0 Å². The van der Waals surface area contributed by atoms with Gasteiger partial charge in [-0.25, -0.2) is 0 Å². The molecule has 2 unspecified atom stereocenters. The first-order chi connectivity index (χ1) is 7.30. The minimum absolute atomic E-state index is 0.383. The Bertz CT molecular complexity index is 201. The van der Waals surface area contributed by atoms with E-state index in [1.165, 1.54) is 19.6 Å². The Hall–Kier alpha value is -0.0800. The van der Waals surface area contributed by atoms with Crippen LogP contribution in [-0.4, -0.2) is 37.1 Å². The van der Waals surface area contributed by atoms with Crippen LogP contribution in [0.15, 0.2) is 0 Å². The van der Waals surface area contributed by atoms with Crippen LogP contribution in [0, 0.1) is 17.3 Å². The Morgan fingerprint density at radius 2 is 1.69 bits per heavy atom. The second-order valence-electron chi connectivity index (χ2n) is 6.85. The van der Waals surface area contributed by atoms with Gasteiger partial charge in [-0.2, -0.15) is 0 Å². The molecule has 0 aromatic carbocycles. The van der Waals surface area contributed by atoms with Crippen molar-refractivity contribution in [3.05, 3.63) is 0 Å². The molecular formula is C14H30N2. The minimum Gasteiger partial charge on any atom is -0.314 e. The Labute approximate surface area is 102 Å². The number of nitrogens with zero attached hydrogens (tertiary/aromatic N) is 1. The summed E-state index contributed by atoms with van der Waals surface area (Å²) in [6.07, 6.45) is 0. The van der Waals surface area contributed by atoms with Gasteiger partial charge in [0, 0.05) is 32.2 Å². The zero-order valence-corrected chi connectivity index (χ0v) is 12.0. The summed E-state index contributed by atoms with van der Waals surface area (Å²) in [4.78, 5) is 2.64. The molecule has 1 aliphatic rings. The molecule has 0 aromatic rings. The first-order valence-corrected chi connectivity index (χ1v) is 6.76. The highest BCUT2D eigenvalue weighted by Gasteiger charge is 2.30. The Morgan fingerprint density at radius 3 is 2.12 bits per heavy atom. The third kappa shape index (κ3) is 4.42. The molecule has 0 radical (unpaired) electrons. The van der Waals surface area contributed by atoms with Crippen LogP contribution in [0.3, 0.4) is 0 Å². The second kappa shape index (κ2) is 5.50. The van der Waals surface area contributed by atoms with Crippen molar-refractivity contribution in [1.82, 2.24) is 10.2 Å². The Morgan fingerprint density at radius 1 is 1.19 bits per heavy atom. The molecule has 0 amide bonds. The standard InChI is InChI=1S/C14H30N2/c1-11(2)15-9-14(5,6)10-16-7-12(3)13(4)8-16/h11-13,15H,7-10H2,1-6H3. The number of hydrogen-bond acceptors (Lipinski definition) is 2. The number of hydrogen-bond donors (Lipinski definition) is 1. The van der Waals surface area contributed by atoms with Crippen LogP contribution in [0.4, 0.5) is 0 Å². The molecule has 0 spiro atoms. The first kappa shape index (κ1) is 14.0. The van der Waals surface area contributed by atoms with Gasteiger partial charge < -0.3 is 10.2 Å². The summed E-state index contributed by atoms with van der Waals surface area (Å²) in [5, 5.41) is 3.56. The maximum Gasteiger partial charge on any atom is 0.00451 e. The minimum atomic E-state index is 0.383. The molecule has 2 heteroatoms. The average Bonchev–Trinajstić information content (AvgIpc) is 2.42. The normalized spacial score (nSPS) is 27.9. The fourth-order valence-corrected chi connectivity index (χ4v) is 2.52. The predicted molar refractivity (Wildman–Crippen MR) is 71.7 cm³/mol. The molecule has 1 N–H and O–H groups in total. The molecule has 1 heterocycles. The van der Waals surface area contributed by atoms with Crippen LogP contribution >= 0.6 is 0 Å². The fourth-order valence-electron chi connectivity index (χ4n) is 2.52. The fraction of sp³-hybridized carbons (Fsp3) is 1.00. The smallest absolute Gasteiger partial charge is 0.00451 e. The van der Waals surface area contributed by atoms with Gasteiger partial charge in [-0.05, 0) is 17.3 Å². The molecule has 0 aromatic heterocycles. The van der Waals surface area contributed by atoms with E-state index in [1.54, 1.807) is 0 Å². The number of rotatable bonds is 5. The number of nitrogens with one attached hydrogen (secondary N) is 1. The van der Waals surface area contributed by atoms with E-state index >= 15 is 0 Å². The quantitative estimate of drug-likeness (QED) is 0.775. The zero-order valence-electron chi connectivity index (χ0n) is 12.0. The summed E-state index contributed by atoms with van der Waals surface area (Å²) >= 11 is 0. The van der Waals surface area contributed by atoms with E-state index in [-0.39, 0.29) is 0 Å². The third-order valence-electron chi connectivity index (χ3n) is 3.70. The van der Waals surface area contributed by atoms with E-state index in [9.17, 15) is 0 Å². The second-order valence-corrected chi connectivity index (χ2v) is 6.85. The lowest BCUT2D eigenvalue weighted by atomic mass is 9.92. The van der Waals surface area contributed by atoms with Crippen molar-refractivity contribution in [3.63, 3.8) is 0 Å². The van der Waals surface area contributed by atoms with Crippen LogP contribution in [0.25, 0.3) is 0 Å². The van der Waals surface area contributed by atoms with Crippen molar-refractivity contribution in [2.45, 2.75) is 47.6 Å². The third-order valence-corrected chi connectivity index (χ3v) is 3.70. The molecule has 0 saturated carbocycles. The van der Waals surface area contributed by atoms with E-state index in [0.29, 0.717) is 11.5 Å². The topological polar surface area (TPSA) is 15.3 Å². The summed E-state index contributed by atoms with van der Waals surface area (Å²) in [5.41, 5.74) is 0.383. The first-order valence-electron chi connectivity index (χ1n) is 6.76. The van der Waals surface area contributed by atoms with Crippen molar-refractivity contribution >= 4 is 0 Å². The lowest BCUT2D eigenvalue weighted by molar-refractivity contribution is 0.194. The summed E-state index contributed by atoms with van der Waals surface area (Å²) in [6.45, 7) is 18.8. The molecule has 0 aliphatic carbocycles. The maximum absolute atomic E-state index is 3.56.